The van der Waals surface area contributed by atoms with Crippen molar-refractivity contribution in [3.05, 3.63) is 22.3 Å². The number of aromatic nitrogens is 1. The predicted molar refractivity (Wildman–Crippen MR) is 71.3 cm³/mol. The highest BCUT2D eigenvalue weighted by Crippen LogP contribution is 2.16. The molecule has 0 amide bonds. The summed E-state index contributed by atoms with van der Waals surface area (Å²) in [5.74, 6) is 5.28. The van der Waals surface area contributed by atoms with E-state index in [1.807, 2.05) is 19.1 Å². The molecule has 1 aromatic heterocycles. The standard InChI is InChI=1S/C11H13BrN2S/c1-3-7-15-8-6-13-11-5-4-10(12)9(2)14-11/h1,4-5H,6-8H2,2H3,(H,13,14). The molecule has 0 aromatic carbocycles. The minimum atomic E-state index is 0.772. The molecule has 0 aliphatic carbocycles. The Morgan fingerprint density at radius 1 is 1.60 bits per heavy atom. The van der Waals surface area contributed by atoms with E-state index in [0.717, 1.165) is 34.0 Å². The molecular weight excluding hydrogens is 272 g/mol. The van der Waals surface area contributed by atoms with Gasteiger partial charge in [0, 0.05) is 16.8 Å². The Morgan fingerprint density at radius 2 is 2.40 bits per heavy atom. The lowest BCUT2D eigenvalue weighted by molar-refractivity contribution is 1.12. The van der Waals surface area contributed by atoms with Gasteiger partial charge in [-0.2, -0.15) is 0 Å². The largest absolute Gasteiger partial charge is 0.369 e. The molecule has 0 aliphatic heterocycles. The number of halogens is 1. The molecule has 2 nitrogen and oxygen atoms in total. The monoisotopic (exact) mass is 284 g/mol. The maximum Gasteiger partial charge on any atom is 0.126 e. The summed E-state index contributed by atoms with van der Waals surface area (Å²) < 4.78 is 1.04. The molecule has 1 aromatic rings. The Balaban J connectivity index is 2.32. The molecule has 1 rings (SSSR count). The van der Waals surface area contributed by atoms with Crippen molar-refractivity contribution in [2.45, 2.75) is 6.92 Å². The second kappa shape index (κ2) is 6.76. The van der Waals surface area contributed by atoms with Crippen LogP contribution in [0.4, 0.5) is 5.82 Å². The second-order valence-corrected chi connectivity index (χ2v) is 4.91. The first-order valence-electron chi connectivity index (χ1n) is 4.62. The van der Waals surface area contributed by atoms with Crippen molar-refractivity contribution in [2.75, 3.05) is 23.4 Å². The summed E-state index contributed by atoms with van der Waals surface area (Å²) in [7, 11) is 0. The van der Waals surface area contributed by atoms with Crippen molar-refractivity contribution in [3.63, 3.8) is 0 Å². The van der Waals surface area contributed by atoms with E-state index in [1.165, 1.54) is 0 Å². The third-order valence-corrected chi connectivity index (χ3v) is 3.46. The quantitative estimate of drug-likeness (QED) is 0.665. The lowest BCUT2D eigenvalue weighted by atomic mass is 10.4. The van der Waals surface area contributed by atoms with Crippen molar-refractivity contribution in [3.8, 4) is 12.3 Å². The van der Waals surface area contributed by atoms with Gasteiger partial charge in [-0.05, 0) is 35.0 Å². The van der Waals surface area contributed by atoms with E-state index >= 15 is 0 Å². The molecule has 0 unspecified atom stereocenters. The number of pyridine rings is 1. The molecule has 0 saturated carbocycles. The Hall–Kier alpha value is -0.660. The van der Waals surface area contributed by atoms with Gasteiger partial charge in [0.1, 0.15) is 5.82 Å². The van der Waals surface area contributed by atoms with Crippen LogP contribution in [0, 0.1) is 19.3 Å². The van der Waals surface area contributed by atoms with E-state index in [0.29, 0.717) is 0 Å². The van der Waals surface area contributed by atoms with Crippen molar-refractivity contribution in [1.82, 2.24) is 4.98 Å². The van der Waals surface area contributed by atoms with E-state index in [-0.39, 0.29) is 0 Å². The number of nitrogens with one attached hydrogen (secondary N) is 1. The van der Waals surface area contributed by atoms with E-state index in [9.17, 15) is 0 Å². The van der Waals surface area contributed by atoms with Crippen molar-refractivity contribution in [2.24, 2.45) is 0 Å². The molecule has 0 saturated heterocycles. The van der Waals surface area contributed by atoms with Gasteiger partial charge in [-0.3, -0.25) is 0 Å². The third kappa shape index (κ3) is 4.59. The van der Waals surface area contributed by atoms with Crippen molar-refractivity contribution < 1.29 is 0 Å². The first-order valence-corrected chi connectivity index (χ1v) is 6.57. The lowest BCUT2D eigenvalue weighted by Gasteiger charge is -2.06. The Kier molecular flexibility index (Phi) is 5.59. The highest BCUT2D eigenvalue weighted by Gasteiger charge is 1.97. The van der Waals surface area contributed by atoms with Crippen LogP contribution in [-0.4, -0.2) is 23.0 Å². The number of terminal acetylenes is 1. The van der Waals surface area contributed by atoms with Gasteiger partial charge in [0.15, 0.2) is 0 Å². The van der Waals surface area contributed by atoms with Crippen LogP contribution in [0.25, 0.3) is 0 Å². The fraction of sp³-hybridized carbons (Fsp3) is 0.364. The Bertz CT molecular complexity index is 360. The second-order valence-electron chi connectivity index (χ2n) is 2.95. The van der Waals surface area contributed by atoms with Crippen LogP contribution in [0.1, 0.15) is 5.69 Å². The highest BCUT2D eigenvalue weighted by molar-refractivity contribution is 9.10. The molecule has 0 atom stereocenters. The van der Waals surface area contributed by atoms with Gasteiger partial charge in [0.05, 0.1) is 11.4 Å². The molecule has 0 bridgehead atoms. The summed E-state index contributed by atoms with van der Waals surface area (Å²) in [5, 5.41) is 3.25. The Labute approximate surface area is 103 Å². The summed E-state index contributed by atoms with van der Waals surface area (Å²) in [6.45, 7) is 2.86. The molecule has 1 N–H and O–H groups in total. The van der Waals surface area contributed by atoms with E-state index in [2.05, 4.69) is 32.2 Å². The van der Waals surface area contributed by atoms with Crippen LogP contribution < -0.4 is 5.32 Å². The molecule has 0 fully saturated rings. The average Bonchev–Trinajstić information content (AvgIpc) is 2.23. The average molecular weight is 285 g/mol. The van der Waals surface area contributed by atoms with Crippen LogP contribution in [0.5, 0.6) is 0 Å². The summed E-state index contributed by atoms with van der Waals surface area (Å²) >= 11 is 5.16. The number of hydrogen-bond acceptors (Lipinski definition) is 3. The van der Waals surface area contributed by atoms with Crippen molar-refractivity contribution in [1.29, 1.82) is 0 Å². The number of aryl methyl sites for hydroxylation is 1. The first-order chi connectivity index (χ1) is 7.24. The van der Waals surface area contributed by atoms with Crippen LogP contribution in [0.15, 0.2) is 16.6 Å². The Morgan fingerprint density at radius 3 is 3.07 bits per heavy atom. The zero-order valence-electron chi connectivity index (χ0n) is 8.59. The topological polar surface area (TPSA) is 24.9 Å². The third-order valence-electron chi connectivity index (χ3n) is 1.76. The van der Waals surface area contributed by atoms with E-state index in [4.69, 9.17) is 6.42 Å². The maximum absolute atomic E-state index is 5.15. The van der Waals surface area contributed by atoms with Crippen molar-refractivity contribution >= 4 is 33.5 Å². The molecule has 4 heteroatoms. The summed E-state index contributed by atoms with van der Waals surface area (Å²) in [6, 6.07) is 3.96. The van der Waals surface area contributed by atoms with E-state index in [1.54, 1.807) is 11.8 Å². The van der Waals surface area contributed by atoms with Gasteiger partial charge in [-0.25, -0.2) is 4.98 Å². The van der Waals surface area contributed by atoms with Crippen LogP contribution >= 0.6 is 27.7 Å². The zero-order chi connectivity index (χ0) is 11.1. The fourth-order valence-electron chi connectivity index (χ4n) is 1.02. The summed E-state index contributed by atoms with van der Waals surface area (Å²) in [6.07, 6.45) is 5.15. The summed E-state index contributed by atoms with van der Waals surface area (Å²) in [5.41, 5.74) is 0.997. The van der Waals surface area contributed by atoms with Gasteiger partial charge >= 0.3 is 0 Å². The van der Waals surface area contributed by atoms with Gasteiger partial charge in [-0.15, -0.1) is 18.2 Å². The normalized spacial score (nSPS) is 9.67. The lowest BCUT2D eigenvalue weighted by Crippen LogP contribution is -2.06. The fourth-order valence-corrected chi connectivity index (χ4v) is 1.75. The van der Waals surface area contributed by atoms with Crippen LogP contribution in [-0.2, 0) is 0 Å². The van der Waals surface area contributed by atoms with E-state index < -0.39 is 0 Å². The molecule has 0 radical (unpaired) electrons. The maximum atomic E-state index is 5.15. The first kappa shape index (κ1) is 12.4. The minimum absolute atomic E-state index is 0.772. The molecule has 80 valence electrons. The number of nitrogens with zero attached hydrogens (tertiary/aromatic N) is 1. The van der Waals surface area contributed by atoms with Crippen LogP contribution in [0.3, 0.4) is 0 Å². The SMILES string of the molecule is C#CCSCCNc1ccc(Br)c(C)n1. The molecule has 0 aliphatic rings. The van der Waals surface area contributed by atoms with Crippen LogP contribution in [0.2, 0.25) is 0 Å². The summed E-state index contributed by atoms with van der Waals surface area (Å²) in [4.78, 5) is 4.38. The number of rotatable bonds is 5. The smallest absolute Gasteiger partial charge is 0.126 e. The number of thioether (sulfide) groups is 1. The number of anilines is 1. The van der Waals surface area contributed by atoms with Gasteiger partial charge in [-0.1, -0.05) is 5.92 Å². The van der Waals surface area contributed by atoms with Gasteiger partial charge in [0.2, 0.25) is 0 Å². The molecule has 0 spiro atoms. The predicted octanol–water partition coefficient (Wildman–Crippen LogP) is 2.93. The molecule has 1 heterocycles. The zero-order valence-corrected chi connectivity index (χ0v) is 11.0. The number of hydrogen-bond donors (Lipinski definition) is 1. The van der Waals surface area contributed by atoms with Gasteiger partial charge in [0.25, 0.3) is 0 Å². The molecular formula is C11H13BrN2S. The van der Waals surface area contributed by atoms with Gasteiger partial charge < -0.3 is 5.32 Å². The molecule has 15 heavy (non-hydrogen) atoms. The highest BCUT2D eigenvalue weighted by atomic mass is 79.9. The minimum Gasteiger partial charge on any atom is -0.369 e.